The first kappa shape index (κ1) is 11.4. The van der Waals surface area contributed by atoms with Crippen LogP contribution in [0.2, 0.25) is 0 Å². The van der Waals surface area contributed by atoms with E-state index < -0.39 is 5.97 Å². The Balaban J connectivity index is 2.31. The standard InChI is InChI=1S/C15H14O2/c16-15(17)11-10-13-8-4-5-9-14(13)12-6-2-1-3-7-12/h1-6,8,10-11H,7,9H2,(H,16,17). The Morgan fingerprint density at radius 2 is 2.00 bits per heavy atom. The monoisotopic (exact) mass is 226 g/mol. The quantitative estimate of drug-likeness (QED) is 0.733. The first-order valence-corrected chi connectivity index (χ1v) is 5.61. The van der Waals surface area contributed by atoms with E-state index >= 15 is 0 Å². The molecule has 0 amide bonds. The molecular weight excluding hydrogens is 212 g/mol. The van der Waals surface area contributed by atoms with Crippen LogP contribution in [0.5, 0.6) is 0 Å². The van der Waals surface area contributed by atoms with Gasteiger partial charge in [0.25, 0.3) is 0 Å². The lowest BCUT2D eigenvalue weighted by atomic mass is 9.90. The first-order valence-electron chi connectivity index (χ1n) is 5.61. The number of aliphatic carboxylic acids is 1. The van der Waals surface area contributed by atoms with E-state index in [0.717, 1.165) is 18.4 Å². The highest BCUT2D eigenvalue weighted by atomic mass is 16.4. The third-order valence-corrected chi connectivity index (χ3v) is 2.76. The van der Waals surface area contributed by atoms with Gasteiger partial charge in [-0.2, -0.15) is 0 Å². The van der Waals surface area contributed by atoms with E-state index in [1.54, 1.807) is 6.08 Å². The summed E-state index contributed by atoms with van der Waals surface area (Å²) in [5.41, 5.74) is 3.47. The number of carboxylic acids is 1. The molecule has 0 aliphatic heterocycles. The molecule has 17 heavy (non-hydrogen) atoms. The van der Waals surface area contributed by atoms with Gasteiger partial charge in [-0.15, -0.1) is 0 Å². The molecule has 0 unspecified atom stereocenters. The smallest absolute Gasteiger partial charge is 0.328 e. The lowest BCUT2D eigenvalue weighted by molar-refractivity contribution is -0.131. The van der Waals surface area contributed by atoms with Gasteiger partial charge in [0, 0.05) is 6.08 Å². The summed E-state index contributed by atoms with van der Waals surface area (Å²) in [6, 6.07) is 0. The Morgan fingerprint density at radius 1 is 1.18 bits per heavy atom. The maximum atomic E-state index is 10.6. The molecule has 0 aromatic heterocycles. The molecule has 0 saturated heterocycles. The molecule has 0 radical (unpaired) electrons. The van der Waals surface area contributed by atoms with Crippen molar-refractivity contribution in [2.75, 3.05) is 0 Å². The number of rotatable bonds is 2. The Bertz CT molecular complexity index is 497. The normalized spacial score (nSPS) is 23.2. The SMILES string of the molecule is O=C(O)C=CC1=CC=CCC1=C1C=CC=CC1. The maximum Gasteiger partial charge on any atom is 0.328 e. The molecule has 2 rings (SSSR count). The van der Waals surface area contributed by atoms with Gasteiger partial charge < -0.3 is 5.11 Å². The fraction of sp³-hybridized carbons (Fsp3) is 0.133. The lowest BCUT2D eigenvalue weighted by Crippen LogP contribution is -1.97. The van der Waals surface area contributed by atoms with Crippen molar-refractivity contribution in [3.8, 4) is 0 Å². The summed E-state index contributed by atoms with van der Waals surface area (Å²) in [4.78, 5) is 10.6. The largest absolute Gasteiger partial charge is 0.478 e. The van der Waals surface area contributed by atoms with Crippen LogP contribution in [0, 0.1) is 0 Å². The van der Waals surface area contributed by atoms with Crippen molar-refractivity contribution in [2.24, 2.45) is 0 Å². The minimum absolute atomic E-state index is 0.864. The van der Waals surface area contributed by atoms with Gasteiger partial charge in [0.15, 0.2) is 0 Å². The second kappa shape index (κ2) is 5.30. The number of carbonyl (C=O) groups is 1. The van der Waals surface area contributed by atoms with Crippen LogP contribution in [0.4, 0.5) is 0 Å². The molecule has 0 aromatic carbocycles. The van der Waals surface area contributed by atoms with Crippen molar-refractivity contribution in [3.05, 3.63) is 71.4 Å². The molecule has 0 fully saturated rings. The average molecular weight is 226 g/mol. The van der Waals surface area contributed by atoms with Crippen molar-refractivity contribution in [3.63, 3.8) is 0 Å². The van der Waals surface area contributed by atoms with E-state index in [4.69, 9.17) is 5.11 Å². The summed E-state index contributed by atoms with van der Waals surface area (Å²) in [6.45, 7) is 0. The van der Waals surface area contributed by atoms with Crippen LogP contribution < -0.4 is 0 Å². The molecule has 2 aliphatic carbocycles. The van der Waals surface area contributed by atoms with E-state index in [2.05, 4.69) is 18.2 Å². The molecule has 2 nitrogen and oxygen atoms in total. The van der Waals surface area contributed by atoms with E-state index in [1.165, 1.54) is 17.2 Å². The Kier molecular flexibility index (Phi) is 3.55. The second-order valence-corrected chi connectivity index (χ2v) is 3.92. The van der Waals surface area contributed by atoms with Crippen LogP contribution in [-0.4, -0.2) is 11.1 Å². The molecular formula is C15H14O2. The number of allylic oxidation sites excluding steroid dienone is 11. The van der Waals surface area contributed by atoms with Crippen molar-refractivity contribution in [2.45, 2.75) is 12.8 Å². The molecule has 0 atom stereocenters. The van der Waals surface area contributed by atoms with E-state index in [9.17, 15) is 4.79 Å². The Morgan fingerprint density at radius 3 is 2.71 bits per heavy atom. The highest BCUT2D eigenvalue weighted by Crippen LogP contribution is 2.28. The average Bonchev–Trinajstić information content (AvgIpc) is 2.38. The molecule has 2 aliphatic rings. The third-order valence-electron chi connectivity index (χ3n) is 2.76. The molecule has 86 valence electrons. The summed E-state index contributed by atoms with van der Waals surface area (Å²) >= 11 is 0. The minimum atomic E-state index is -0.913. The molecule has 0 spiro atoms. The second-order valence-electron chi connectivity index (χ2n) is 3.92. The van der Waals surface area contributed by atoms with Crippen LogP contribution >= 0.6 is 0 Å². The maximum absolute atomic E-state index is 10.6. The van der Waals surface area contributed by atoms with Gasteiger partial charge in [-0.25, -0.2) is 4.79 Å². The topological polar surface area (TPSA) is 37.3 Å². The first-order chi connectivity index (χ1) is 8.27. The summed E-state index contributed by atoms with van der Waals surface area (Å²) in [5, 5.41) is 8.67. The van der Waals surface area contributed by atoms with Crippen LogP contribution in [0.25, 0.3) is 0 Å². The zero-order chi connectivity index (χ0) is 12.1. The predicted molar refractivity (Wildman–Crippen MR) is 68.5 cm³/mol. The van der Waals surface area contributed by atoms with Crippen LogP contribution in [-0.2, 0) is 4.79 Å². The summed E-state index contributed by atoms with van der Waals surface area (Å²) < 4.78 is 0. The van der Waals surface area contributed by atoms with Crippen molar-refractivity contribution in [1.29, 1.82) is 0 Å². The Labute approximate surface area is 101 Å². The third kappa shape index (κ3) is 2.94. The van der Waals surface area contributed by atoms with Gasteiger partial charge in [-0.3, -0.25) is 0 Å². The summed E-state index contributed by atoms with van der Waals surface area (Å²) in [5.74, 6) is -0.913. The molecule has 0 saturated carbocycles. The number of hydrogen-bond donors (Lipinski definition) is 1. The van der Waals surface area contributed by atoms with Crippen LogP contribution in [0.1, 0.15) is 12.8 Å². The van der Waals surface area contributed by atoms with Gasteiger partial charge in [0.1, 0.15) is 0 Å². The summed E-state index contributed by atoms with van der Waals surface area (Å²) in [7, 11) is 0. The Hall–Kier alpha value is -2.09. The molecule has 2 heteroatoms. The lowest BCUT2D eigenvalue weighted by Gasteiger charge is -2.15. The van der Waals surface area contributed by atoms with Crippen molar-refractivity contribution < 1.29 is 9.90 Å². The predicted octanol–water partition coefficient (Wildman–Crippen LogP) is 3.33. The fourth-order valence-electron chi connectivity index (χ4n) is 1.95. The van der Waals surface area contributed by atoms with Crippen molar-refractivity contribution >= 4 is 5.97 Å². The minimum Gasteiger partial charge on any atom is -0.478 e. The fourth-order valence-corrected chi connectivity index (χ4v) is 1.95. The molecule has 0 aromatic rings. The van der Waals surface area contributed by atoms with Crippen molar-refractivity contribution in [1.82, 2.24) is 0 Å². The molecule has 0 bridgehead atoms. The highest BCUT2D eigenvalue weighted by Gasteiger charge is 2.09. The highest BCUT2D eigenvalue weighted by molar-refractivity contribution is 5.81. The van der Waals surface area contributed by atoms with Gasteiger partial charge in [-0.1, -0.05) is 42.5 Å². The number of hydrogen-bond acceptors (Lipinski definition) is 1. The zero-order valence-electron chi connectivity index (χ0n) is 9.47. The van der Waals surface area contributed by atoms with Gasteiger partial charge >= 0.3 is 5.97 Å². The molecule has 0 heterocycles. The van der Waals surface area contributed by atoms with E-state index in [1.807, 2.05) is 24.3 Å². The van der Waals surface area contributed by atoms with E-state index in [0.29, 0.717) is 0 Å². The van der Waals surface area contributed by atoms with Gasteiger partial charge in [0.05, 0.1) is 0 Å². The van der Waals surface area contributed by atoms with E-state index in [-0.39, 0.29) is 0 Å². The van der Waals surface area contributed by atoms with Crippen LogP contribution in [0.3, 0.4) is 0 Å². The number of carboxylic acid groups (broad SMARTS) is 1. The van der Waals surface area contributed by atoms with Gasteiger partial charge in [0.2, 0.25) is 0 Å². The molecule has 1 N–H and O–H groups in total. The van der Waals surface area contributed by atoms with Gasteiger partial charge in [-0.05, 0) is 35.6 Å². The summed E-state index contributed by atoms with van der Waals surface area (Å²) in [6.07, 6.45) is 18.9. The van der Waals surface area contributed by atoms with Crippen LogP contribution in [0.15, 0.2) is 71.4 Å². The zero-order valence-corrected chi connectivity index (χ0v) is 9.47.